The van der Waals surface area contributed by atoms with Gasteiger partial charge in [-0.2, -0.15) is 0 Å². The van der Waals surface area contributed by atoms with Crippen LogP contribution in [0.1, 0.15) is 30.1 Å². The second-order valence-corrected chi connectivity index (χ2v) is 7.29. The summed E-state index contributed by atoms with van der Waals surface area (Å²) in [5.41, 5.74) is 2.22. The topological polar surface area (TPSA) is 63.7 Å². The van der Waals surface area contributed by atoms with E-state index in [0.717, 1.165) is 5.57 Å². The molecule has 5 nitrogen and oxygen atoms in total. The second-order valence-electron chi connectivity index (χ2n) is 7.29. The number of carbonyl (C=O) groups is 3. The molecule has 0 radical (unpaired) electrons. The van der Waals surface area contributed by atoms with E-state index in [0.29, 0.717) is 29.8 Å². The number of anilines is 1. The van der Waals surface area contributed by atoms with Crippen molar-refractivity contribution in [3.05, 3.63) is 71.8 Å². The zero-order valence-electron chi connectivity index (χ0n) is 15.6. The highest BCUT2D eigenvalue weighted by Crippen LogP contribution is 2.40. The Labute approximate surface area is 163 Å². The summed E-state index contributed by atoms with van der Waals surface area (Å²) < 4.78 is 5.62. The number of hydrogen-bond acceptors (Lipinski definition) is 4. The van der Waals surface area contributed by atoms with Crippen LogP contribution in [0.5, 0.6) is 5.75 Å². The standard InChI is InChI=1S/C23H21NO4/c1-15-10-11-19-20(12-15)23(27)24(22(19)26)17-8-5-9-18(13-17)28-14-21(25)16-6-3-2-4-7-16/h2-10,13,19-20H,11-12,14H2,1H3. The molecule has 142 valence electrons. The molecule has 2 unspecified atom stereocenters. The van der Waals surface area contributed by atoms with E-state index in [2.05, 4.69) is 0 Å². The smallest absolute Gasteiger partial charge is 0.238 e. The average molecular weight is 375 g/mol. The summed E-state index contributed by atoms with van der Waals surface area (Å²) in [6.07, 6.45) is 3.29. The fourth-order valence-corrected chi connectivity index (χ4v) is 3.86. The summed E-state index contributed by atoms with van der Waals surface area (Å²) in [6.45, 7) is 1.89. The maximum absolute atomic E-state index is 12.8. The Hall–Kier alpha value is -3.21. The average Bonchev–Trinajstić information content (AvgIpc) is 2.96. The zero-order chi connectivity index (χ0) is 19.7. The highest BCUT2D eigenvalue weighted by atomic mass is 16.5. The number of allylic oxidation sites excluding steroid dienone is 2. The molecule has 1 fully saturated rings. The molecule has 28 heavy (non-hydrogen) atoms. The lowest BCUT2D eigenvalue weighted by Gasteiger charge is -2.18. The van der Waals surface area contributed by atoms with Crippen LogP contribution in [0, 0.1) is 11.8 Å². The molecular weight excluding hydrogens is 354 g/mol. The van der Waals surface area contributed by atoms with Crippen LogP contribution in [0.15, 0.2) is 66.2 Å². The lowest BCUT2D eigenvalue weighted by Crippen LogP contribution is -2.30. The van der Waals surface area contributed by atoms with Crippen LogP contribution in [-0.4, -0.2) is 24.2 Å². The third-order valence-corrected chi connectivity index (χ3v) is 5.36. The van der Waals surface area contributed by atoms with Crippen LogP contribution >= 0.6 is 0 Å². The predicted octanol–water partition coefficient (Wildman–Crippen LogP) is 3.79. The molecule has 1 aliphatic heterocycles. The summed E-state index contributed by atoms with van der Waals surface area (Å²) >= 11 is 0. The summed E-state index contributed by atoms with van der Waals surface area (Å²) in [4.78, 5) is 39.1. The largest absolute Gasteiger partial charge is 0.485 e. The van der Waals surface area contributed by atoms with Crippen LogP contribution in [0.25, 0.3) is 0 Å². The number of carbonyl (C=O) groups excluding carboxylic acids is 3. The van der Waals surface area contributed by atoms with Crippen molar-refractivity contribution < 1.29 is 19.1 Å². The maximum Gasteiger partial charge on any atom is 0.238 e. The maximum atomic E-state index is 12.8. The van der Waals surface area contributed by atoms with Gasteiger partial charge in [-0.15, -0.1) is 0 Å². The van der Waals surface area contributed by atoms with Gasteiger partial charge in [0.25, 0.3) is 0 Å². The molecule has 0 aromatic heterocycles. The van der Waals surface area contributed by atoms with Gasteiger partial charge in [0.1, 0.15) is 5.75 Å². The Morgan fingerprint density at radius 1 is 1.04 bits per heavy atom. The van der Waals surface area contributed by atoms with Crippen molar-refractivity contribution in [1.29, 1.82) is 0 Å². The van der Waals surface area contributed by atoms with Crippen molar-refractivity contribution in [2.45, 2.75) is 19.8 Å². The van der Waals surface area contributed by atoms with Crippen molar-refractivity contribution in [2.75, 3.05) is 11.5 Å². The molecule has 0 bridgehead atoms. The fraction of sp³-hybridized carbons (Fsp3) is 0.261. The Morgan fingerprint density at radius 3 is 2.57 bits per heavy atom. The van der Waals surface area contributed by atoms with Gasteiger partial charge in [0, 0.05) is 11.6 Å². The molecule has 2 atom stereocenters. The van der Waals surface area contributed by atoms with Crippen LogP contribution in [-0.2, 0) is 9.59 Å². The lowest BCUT2D eigenvalue weighted by molar-refractivity contribution is -0.122. The Morgan fingerprint density at radius 2 is 1.79 bits per heavy atom. The van der Waals surface area contributed by atoms with Crippen LogP contribution in [0.4, 0.5) is 5.69 Å². The molecule has 1 aliphatic carbocycles. The van der Waals surface area contributed by atoms with Crippen molar-refractivity contribution in [2.24, 2.45) is 11.8 Å². The monoisotopic (exact) mass is 375 g/mol. The molecule has 0 N–H and O–H groups in total. The highest BCUT2D eigenvalue weighted by Gasteiger charge is 2.48. The van der Waals surface area contributed by atoms with Crippen molar-refractivity contribution in [1.82, 2.24) is 0 Å². The lowest BCUT2D eigenvalue weighted by atomic mass is 9.82. The van der Waals surface area contributed by atoms with E-state index < -0.39 is 0 Å². The molecule has 2 amide bonds. The fourth-order valence-electron chi connectivity index (χ4n) is 3.86. The number of benzene rings is 2. The predicted molar refractivity (Wildman–Crippen MR) is 105 cm³/mol. The van der Waals surface area contributed by atoms with Crippen molar-refractivity contribution in [3.8, 4) is 5.75 Å². The van der Waals surface area contributed by atoms with Crippen molar-refractivity contribution in [3.63, 3.8) is 0 Å². The van der Waals surface area contributed by atoms with Gasteiger partial charge in [-0.05, 0) is 31.9 Å². The van der Waals surface area contributed by atoms with Gasteiger partial charge < -0.3 is 4.74 Å². The summed E-state index contributed by atoms with van der Waals surface area (Å²) in [7, 11) is 0. The van der Waals surface area contributed by atoms with Crippen LogP contribution in [0.2, 0.25) is 0 Å². The van der Waals surface area contributed by atoms with E-state index in [-0.39, 0.29) is 36.0 Å². The molecule has 1 heterocycles. The molecule has 2 aromatic carbocycles. The number of ketones is 1. The Kier molecular flexibility index (Phi) is 4.82. The first-order valence-electron chi connectivity index (χ1n) is 9.39. The second kappa shape index (κ2) is 7.43. The Balaban J connectivity index is 1.49. The van der Waals surface area contributed by atoms with Crippen LogP contribution in [0.3, 0.4) is 0 Å². The molecule has 0 saturated carbocycles. The number of imide groups is 1. The first-order valence-corrected chi connectivity index (χ1v) is 9.39. The molecule has 1 saturated heterocycles. The molecule has 2 aliphatic rings. The van der Waals surface area contributed by atoms with E-state index in [1.54, 1.807) is 48.5 Å². The van der Waals surface area contributed by atoms with E-state index in [1.807, 2.05) is 19.1 Å². The minimum atomic E-state index is -0.277. The van der Waals surface area contributed by atoms with Gasteiger partial charge in [0.05, 0.1) is 17.5 Å². The van der Waals surface area contributed by atoms with E-state index >= 15 is 0 Å². The normalized spacial score (nSPS) is 21.3. The van der Waals surface area contributed by atoms with Crippen molar-refractivity contribution >= 4 is 23.3 Å². The first-order chi connectivity index (χ1) is 13.5. The van der Waals surface area contributed by atoms with Gasteiger partial charge in [-0.3, -0.25) is 14.4 Å². The van der Waals surface area contributed by atoms with E-state index in [1.165, 1.54) is 4.90 Å². The molecule has 4 rings (SSSR count). The number of hydrogen-bond donors (Lipinski definition) is 0. The quantitative estimate of drug-likeness (QED) is 0.453. The minimum absolute atomic E-state index is 0.107. The molecule has 5 heteroatoms. The summed E-state index contributed by atoms with van der Waals surface area (Å²) in [6, 6.07) is 15.7. The van der Waals surface area contributed by atoms with E-state index in [4.69, 9.17) is 4.74 Å². The molecule has 0 spiro atoms. The van der Waals surface area contributed by atoms with Gasteiger partial charge in [-0.25, -0.2) is 4.90 Å². The zero-order valence-corrected chi connectivity index (χ0v) is 15.6. The van der Waals surface area contributed by atoms with Gasteiger partial charge >= 0.3 is 0 Å². The van der Waals surface area contributed by atoms with Gasteiger partial charge in [0.2, 0.25) is 11.8 Å². The van der Waals surface area contributed by atoms with E-state index in [9.17, 15) is 14.4 Å². The molecular formula is C23H21NO4. The highest BCUT2D eigenvalue weighted by molar-refractivity contribution is 6.22. The number of amides is 2. The number of ether oxygens (including phenoxy) is 1. The SMILES string of the molecule is CC1=CCC2C(=O)N(c3cccc(OCC(=O)c4ccccc4)c3)C(=O)C2C1. The number of Topliss-reactive ketones (excluding diaryl/α,β-unsaturated/α-hetero) is 1. The number of nitrogens with zero attached hydrogens (tertiary/aromatic N) is 1. The third kappa shape index (κ3) is 3.36. The molecule has 2 aromatic rings. The Bertz CT molecular complexity index is 964. The first kappa shape index (κ1) is 18.2. The van der Waals surface area contributed by atoms with Gasteiger partial charge in [-0.1, -0.05) is 48.0 Å². The van der Waals surface area contributed by atoms with Gasteiger partial charge in [0.15, 0.2) is 12.4 Å². The number of fused-ring (bicyclic) bond motifs is 1. The minimum Gasteiger partial charge on any atom is -0.485 e. The number of rotatable bonds is 5. The third-order valence-electron chi connectivity index (χ3n) is 5.36. The summed E-state index contributed by atoms with van der Waals surface area (Å²) in [5, 5.41) is 0. The summed E-state index contributed by atoms with van der Waals surface area (Å²) in [5.74, 6) is -0.545. The van der Waals surface area contributed by atoms with Crippen LogP contribution < -0.4 is 9.64 Å².